The first-order valence-corrected chi connectivity index (χ1v) is 4.71. The molecule has 0 saturated heterocycles. The van der Waals surface area contributed by atoms with Crippen LogP contribution in [0, 0.1) is 0 Å². The van der Waals surface area contributed by atoms with Gasteiger partial charge < -0.3 is 10.8 Å². The summed E-state index contributed by atoms with van der Waals surface area (Å²) in [6.07, 6.45) is 2.96. The monoisotopic (exact) mass is 214 g/mol. The molecule has 0 aliphatic carbocycles. The average molecular weight is 214 g/mol. The standard InChI is InChI=1S/C12H10N2O2/c13-12(16)9-3-1-2-8(4-9)10-5-11(15)7-14-6-10/h1-7,15H,(H2,13,16). The Morgan fingerprint density at radius 2 is 2.00 bits per heavy atom. The lowest BCUT2D eigenvalue weighted by molar-refractivity contribution is 0.100. The summed E-state index contributed by atoms with van der Waals surface area (Å²) in [6, 6.07) is 8.44. The van der Waals surface area contributed by atoms with Crippen molar-refractivity contribution < 1.29 is 9.90 Å². The lowest BCUT2D eigenvalue weighted by Crippen LogP contribution is -2.10. The van der Waals surface area contributed by atoms with Crippen LogP contribution in [0.2, 0.25) is 0 Å². The second-order valence-corrected chi connectivity index (χ2v) is 3.38. The number of nitrogens with zero attached hydrogens (tertiary/aromatic N) is 1. The van der Waals surface area contributed by atoms with Gasteiger partial charge in [-0.05, 0) is 23.8 Å². The van der Waals surface area contributed by atoms with E-state index in [-0.39, 0.29) is 5.75 Å². The average Bonchev–Trinajstić information content (AvgIpc) is 2.29. The van der Waals surface area contributed by atoms with Gasteiger partial charge >= 0.3 is 0 Å². The summed E-state index contributed by atoms with van der Waals surface area (Å²) in [5.74, 6) is -0.392. The number of carbonyl (C=O) groups is 1. The highest BCUT2D eigenvalue weighted by atomic mass is 16.3. The number of aromatic hydroxyl groups is 1. The molecule has 4 nitrogen and oxygen atoms in total. The van der Waals surface area contributed by atoms with E-state index in [0.717, 1.165) is 11.1 Å². The van der Waals surface area contributed by atoms with Crippen LogP contribution in [-0.2, 0) is 0 Å². The maximum absolute atomic E-state index is 11.0. The zero-order valence-electron chi connectivity index (χ0n) is 8.42. The Morgan fingerprint density at radius 3 is 2.69 bits per heavy atom. The summed E-state index contributed by atoms with van der Waals surface area (Å²) in [7, 11) is 0. The van der Waals surface area contributed by atoms with Crippen LogP contribution in [0.3, 0.4) is 0 Å². The first-order chi connectivity index (χ1) is 7.66. The van der Waals surface area contributed by atoms with E-state index in [0.29, 0.717) is 5.56 Å². The van der Waals surface area contributed by atoms with Crippen molar-refractivity contribution in [3.63, 3.8) is 0 Å². The van der Waals surface area contributed by atoms with Gasteiger partial charge in [0.1, 0.15) is 5.75 Å². The van der Waals surface area contributed by atoms with Gasteiger partial charge in [0.05, 0.1) is 6.20 Å². The molecule has 1 aromatic heterocycles. The number of nitrogens with two attached hydrogens (primary N) is 1. The molecule has 4 heteroatoms. The number of carbonyl (C=O) groups excluding carboxylic acids is 1. The van der Waals surface area contributed by atoms with Crippen LogP contribution in [0.5, 0.6) is 5.75 Å². The first kappa shape index (κ1) is 10.2. The van der Waals surface area contributed by atoms with Crippen LogP contribution in [-0.4, -0.2) is 16.0 Å². The van der Waals surface area contributed by atoms with Gasteiger partial charge in [-0.25, -0.2) is 0 Å². The van der Waals surface area contributed by atoms with Crippen LogP contribution < -0.4 is 5.73 Å². The Balaban J connectivity index is 2.48. The Labute approximate surface area is 92.4 Å². The zero-order valence-corrected chi connectivity index (χ0v) is 8.42. The van der Waals surface area contributed by atoms with Crippen molar-refractivity contribution in [2.75, 3.05) is 0 Å². The van der Waals surface area contributed by atoms with Crippen molar-refractivity contribution in [3.8, 4) is 16.9 Å². The van der Waals surface area contributed by atoms with E-state index in [4.69, 9.17) is 5.73 Å². The number of amides is 1. The number of aromatic nitrogens is 1. The topological polar surface area (TPSA) is 76.2 Å². The molecule has 2 aromatic rings. The molecule has 2 rings (SSSR count). The molecule has 0 fully saturated rings. The number of pyridine rings is 1. The fraction of sp³-hybridized carbons (Fsp3) is 0. The Hall–Kier alpha value is -2.36. The number of rotatable bonds is 2. The van der Waals surface area contributed by atoms with Gasteiger partial charge in [0.25, 0.3) is 0 Å². The molecule has 0 saturated carbocycles. The Kier molecular flexibility index (Phi) is 2.55. The van der Waals surface area contributed by atoms with Gasteiger partial charge in [-0.3, -0.25) is 9.78 Å². The number of primary amides is 1. The van der Waals surface area contributed by atoms with Crippen LogP contribution >= 0.6 is 0 Å². The van der Waals surface area contributed by atoms with Gasteiger partial charge in [0.2, 0.25) is 5.91 Å². The lowest BCUT2D eigenvalue weighted by Gasteiger charge is -2.03. The van der Waals surface area contributed by atoms with Crippen LogP contribution in [0.4, 0.5) is 0 Å². The van der Waals surface area contributed by atoms with E-state index in [2.05, 4.69) is 4.98 Å². The van der Waals surface area contributed by atoms with Crippen LogP contribution in [0.1, 0.15) is 10.4 Å². The molecule has 0 spiro atoms. The van der Waals surface area contributed by atoms with Gasteiger partial charge in [-0.1, -0.05) is 12.1 Å². The number of hydrogen-bond acceptors (Lipinski definition) is 3. The summed E-state index contributed by atoms with van der Waals surface area (Å²) in [6.45, 7) is 0. The van der Waals surface area contributed by atoms with Crippen LogP contribution in [0.15, 0.2) is 42.7 Å². The SMILES string of the molecule is NC(=O)c1cccc(-c2cncc(O)c2)c1. The number of benzene rings is 1. The van der Waals surface area contributed by atoms with Gasteiger partial charge in [-0.15, -0.1) is 0 Å². The predicted molar refractivity (Wildman–Crippen MR) is 59.9 cm³/mol. The van der Waals surface area contributed by atoms with E-state index < -0.39 is 5.91 Å². The fourth-order valence-electron chi connectivity index (χ4n) is 1.44. The van der Waals surface area contributed by atoms with E-state index in [1.807, 2.05) is 6.07 Å². The molecule has 1 amide bonds. The quantitative estimate of drug-likeness (QED) is 0.796. The van der Waals surface area contributed by atoms with Crippen molar-refractivity contribution in [2.24, 2.45) is 5.73 Å². The molecule has 0 bridgehead atoms. The summed E-state index contributed by atoms with van der Waals surface area (Å²) in [5, 5.41) is 9.30. The highest BCUT2D eigenvalue weighted by Gasteiger charge is 2.03. The number of hydrogen-bond donors (Lipinski definition) is 2. The third-order valence-electron chi connectivity index (χ3n) is 2.20. The van der Waals surface area contributed by atoms with Gasteiger partial charge in [-0.2, -0.15) is 0 Å². The summed E-state index contributed by atoms with van der Waals surface area (Å²) in [4.78, 5) is 14.9. The van der Waals surface area contributed by atoms with E-state index in [9.17, 15) is 9.90 Å². The minimum Gasteiger partial charge on any atom is -0.506 e. The third kappa shape index (κ3) is 2.00. The molecule has 0 atom stereocenters. The largest absolute Gasteiger partial charge is 0.506 e. The summed E-state index contributed by atoms with van der Waals surface area (Å²) >= 11 is 0. The van der Waals surface area contributed by atoms with Crippen molar-refractivity contribution in [3.05, 3.63) is 48.3 Å². The highest BCUT2D eigenvalue weighted by molar-refractivity contribution is 5.94. The van der Waals surface area contributed by atoms with E-state index in [1.54, 1.807) is 30.5 Å². The highest BCUT2D eigenvalue weighted by Crippen LogP contribution is 2.22. The molecule has 80 valence electrons. The third-order valence-corrected chi connectivity index (χ3v) is 2.20. The fourth-order valence-corrected chi connectivity index (χ4v) is 1.44. The molecular formula is C12H10N2O2. The second-order valence-electron chi connectivity index (χ2n) is 3.38. The molecule has 1 aromatic carbocycles. The van der Waals surface area contributed by atoms with E-state index in [1.165, 1.54) is 6.20 Å². The zero-order chi connectivity index (χ0) is 11.5. The maximum atomic E-state index is 11.0. The second kappa shape index (κ2) is 4.02. The predicted octanol–water partition coefficient (Wildman–Crippen LogP) is 1.55. The molecule has 1 heterocycles. The van der Waals surface area contributed by atoms with E-state index >= 15 is 0 Å². The van der Waals surface area contributed by atoms with Gasteiger partial charge in [0.15, 0.2) is 0 Å². The van der Waals surface area contributed by atoms with Crippen molar-refractivity contribution >= 4 is 5.91 Å². The molecule has 0 aliphatic heterocycles. The van der Waals surface area contributed by atoms with Crippen molar-refractivity contribution in [1.29, 1.82) is 0 Å². The minimum absolute atomic E-state index is 0.0852. The minimum atomic E-state index is -0.477. The van der Waals surface area contributed by atoms with Gasteiger partial charge in [0, 0.05) is 17.3 Å². The normalized spacial score (nSPS) is 10.0. The molecule has 0 radical (unpaired) electrons. The maximum Gasteiger partial charge on any atom is 0.248 e. The Morgan fingerprint density at radius 1 is 1.19 bits per heavy atom. The molecule has 16 heavy (non-hydrogen) atoms. The summed E-state index contributed by atoms with van der Waals surface area (Å²) in [5.41, 5.74) is 7.15. The molecule has 3 N–H and O–H groups in total. The molecular weight excluding hydrogens is 204 g/mol. The van der Waals surface area contributed by atoms with Crippen LogP contribution in [0.25, 0.3) is 11.1 Å². The Bertz CT molecular complexity index is 538. The molecule has 0 unspecified atom stereocenters. The molecule has 0 aliphatic rings. The lowest BCUT2D eigenvalue weighted by atomic mass is 10.0. The van der Waals surface area contributed by atoms with Crippen molar-refractivity contribution in [1.82, 2.24) is 4.98 Å². The smallest absolute Gasteiger partial charge is 0.248 e. The summed E-state index contributed by atoms with van der Waals surface area (Å²) < 4.78 is 0. The van der Waals surface area contributed by atoms with Crippen molar-refractivity contribution in [2.45, 2.75) is 0 Å². The first-order valence-electron chi connectivity index (χ1n) is 4.71.